The maximum atomic E-state index is 12.8. The van der Waals surface area contributed by atoms with Crippen LogP contribution in [-0.2, 0) is 23.0 Å². The van der Waals surface area contributed by atoms with Gasteiger partial charge in [-0.3, -0.25) is 4.79 Å². The van der Waals surface area contributed by atoms with Crippen LogP contribution < -0.4 is 0 Å². The van der Waals surface area contributed by atoms with E-state index < -0.39 is 0 Å². The summed E-state index contributed by atoms with van der Waals surface area (Å²) in [4.78, 5) is 14.9. The number of aromatic nitrogens is 1. The van der Waals surface area contributed by atoms with Crippen LogP contribution in [0.1, 0.15) is 37.7 Å². The van der Waals surface area contributed by atoms with Crippen LogP contribution in [0.5, 0.6) is 0 Å². The van der Waals surface area contributed by atoms with Crippen molar-refractivity contribution in [1.82, 2.24) is 9.47 Å². The summed E-state index contributed by atoms with van der Waals surface area (Å²) in [6.45, 7) is 1.46. The highest BCUT2D eigenvalue weighted by atomic mass is 16.5. The molecule has 2 atom stereocenters. The molecular weight excluding hydrogens is 300 g/mol. The van der Waals surface area contributed by atoms with Gasteiger partial charge < -0.3 is 14.2 Å². The molecule has 2 fully saturated rings. The Labute approximate surface area is 143 Å². The van der Waals surface area contributed by atoms with Crippen molar-refractivity contribution < 1.29 is 9.53 Å². The molecule has 4 nitrogen and oxygen atoms in total. The van der Waals surface area contributed by atoms with Crippen molar-refractivity contribution in [3.63, 3.8) is 0 Å². The molecule has 4 heteroatoms. The van der Waals surface area contributed by atoms with Crippen LogP contribution in [0.15, 0.2) is 30.5 Å². The molecule has 4 rings (SSSR count). The molecule has 2 aromatic rings. The van der Waals surface area contributed by atoms with Crippen molar-refractivity contribution in [1.29, 1.82) is 0 Å². The van der Waals surface area contributed by atoms with Gasteiger partial charge in [-0.2, -0.15) is 0 Å². The largest absolute Gasteiger partial charge is 0.374 e. The van der Waals surface area contributed by atoms with Crippen molar-refractivity contribution in [2.45, 2.75) is 50.7 Å². The number of carbonyl (C=O) groups excluding carboxylic acids is 1. The Balaban J connectivity index is 1.46. The van der Waals surface area contributed by atoms with Crippen LogP contribution in [0.2, 0.25) is 0 Å². The highest BCUT2D eigenvalue weighted by Crippen LogP contribution is 2.29. The Hall–Kier alpha value is -1.81. The lowest BCUT2D eigenvalue weighted by atomic mass is 9.90. The van der Waals surface area contributed by atoms with E-state index in [2.05, 4.69) is 47.0 Å². The summed E-state index contributed by atoms with van der Waals surface area (Å²) in [5.41, 5.74) is 2.51. The van der Waals surface area contributed by atoms with Crippen LogP contribution in [0, 0.1) is 0 Å². The molecule has 24 heavy (non-hydrogen) atoms. The van der Waals surface area contributed by atoms with E-state index in [4.69, 9.17) is 4.74 Å². The molecule has 0 radical (unpaired) electrons. The molecule has 1 aromatic heterocycles. The quantitative estimate of drug-likeness (QED) is 0.867. The maximum Gasteiger partial charge on any atom is 0.223 e. The lowest BCUT2D eigenvalue weighted by Crippen LogP contribution is -2.54. The standard InChI is InChI=1S/C20H26N2O2/c1-21-14-15(16-6-2-3-7-17(16)21)10-11-20(23)22-12-13-24-19-9-5-4-8-18(19)22/h2-3,6-7,14,18-19H,4-5,8-13H2,1H3/t18?,19-/m1/s1. The number of hydrogen-bond donors (Lipinski definition) is 0. The third kappa shape index (κ3) is 2.84. The molecule has 2 aliphatic rings. The number of aryl methyl sites for hydroxylation is 2. The zero-order valence-corrected chi connectivity index (χ0v) is 14.4. The number of carbonyl (C=O) groups is 1. The third-order valence-corrected chi connectivity index (χ3v) is 5.64. The third-order valence-electron chi connectivity index (χ3n) is 5.64. The highest BCUT2D eigenvalue weighted by Gasteiger charge is 2.36. The first-order valence-corrected chi connectivity index (χ1v) is 9.18. The van der Waals surface area contributed by atoms with Gasteiger partial charge in [0.25, 0.3) is 0 Å². The topological polar surface area (TPSA) is 34.5 Å². The Morgan fingerprint density at radius 2 is 2.08 bits per heavy atom. The van der Waals surface area contributed by atoms with Crippen LogP contribution >= 0.6 is 0 Å². The number of benzene rings is 1. The van der Waals surface area contributed by atoms with Gasteiger partial charge in [-0.25, -0.2) is 0 Å². The molecule has 0 N–H and O–H groups in total. The smallest absolute Gasteiger partial charge is 0.223 e. The van der Waals surface area contributed by atoms with Gasteiger partial charge in [-0.15, -0.1) is 0 Å². The number of morpholine rings is 1. The van der Waals surface area contributed by atoms with E-state index in [1.807, 2.05) is 0 Å². The van der Waals surface area contributed by atoms with Gasteiger partial charge in [0.15, 0.2) is 0 Å². The maximum absolute atomic E-state index is 12.8. The number of para-hydroxylation sites is 1. The minimum absolute atomic E-state index is 0.272. The molecule has 0 bridgehead atoms. The molecule has 1 amide bonds. The fourth-order valence-corrected chi connectivity index (χ4v) is 4.42. The molecule has 1 saturated carbocycles. The van der Waals surface area contributed by atoms with E-state index in [0.717, 1.165) is 25.8 Å². The Bertz CT molecular complexity index is 734. The second-order valence-electron chi connectivity index (χ2n) is 7.13. The van der Waals surface area contributed by atoms with Crippen molar-refractivity contribution in [2.75, 3.05) is 13.2 Å². The molecule has 1 unspecified atom stereocenters. The summed E-state index contributed by atoms with van der Waals surface area (Å²) in [5.74, 6) is 0.295. The Morgan fingerprint density at radius 3 is 3.00 bits per heavy atom. The fourth-order valence-electron chi connectivity index (χ4n) is 4.42. The van der Waals surface area contributed by atoms with Crippen molar-refractivity contribution in [3.05, 3.63) is 36.0 Å². The molecule has 0 spiro atoms. The number of fused-ring (bicyclic) bond motifs is 2. The second-order valence-corrected chi connectivity index (χ2v) is 7.13. The molecule has 1 aromatic carbocycles. The number of ether oxygens (including phenoxy) is 1. The van der Waals surface area contributed by atoms with Gasteiger partial charge >= 0.3 is 0 Å². The minimum Gasteiger partial charge on any atom is -0.374 e. The molecular formula is C20H26N2O2. The number of nitrogens with zero attached hydrogens (tertiary/aromatic N) is 2. The summed E-state index contributed by atoms with van der Waals surface area (Å²) in [6, 6.07) is 8.74. The lowest BCUT2D eigenvalue weighted by molar-refractivity contribution is -0.149. The zero-order valence-electron chi connectivity index (χ0n) is 14.4. The van der Waals surface area contributed by atoms with Gasteiger partial charge in [0, 0.05) is 37.1 Å². The second kappa shape index (κ2) is 6.60. The number of rotatable bonds is 3. The van der Waals surface area contributed by atoms with E-state index >= 15 is 0 Å². The van der Waals surface area contributed by atoms with Gasteiger partial charge in [0.2, 0.25) is 5.91 Å². The highest BCUT2D eigenvalue weighted by molar-refractivity contribution is 5.85. The number of amides is 1. The van der Waals surface area contributed by atoms with Crippen LogP contribution in [0.25, 0.3) is 10.9 Å². The Morgan fingerprint density at radius 1 is 1.25 bits per heavy atom. The normalized spacial score (nSPS) is 24.1. The predicted octanol–water partition coefficient (Wildman–Crippen LogP) is 3.28. The first-order chi connectivity index (χ1) is 11.7. The summed E-state index contributed by atoms with van der Waals surface area (Å²) in [7, 11) is 2.07. The predicted molar refractivity (Wildman–Crippen MR) is 94.9 cm³/mol. The van der Waals surface area contributed by atoms with Gasteiger partial charge in [0.05, 0.1) is 18.8 Å². The van der Waals surface area contributed by atoms with E-state index in [0.29, 0.717) is 25.0 Å². The van der Waals surface area contributed by atoms with E-state index in [1.165, 1.54) is 29.3 Å². The van der Waals surface area contributed by atoms with E-state index in [1.54, 1.807) is 0 Å². The van der Waals surface area contributed by atoms with Crippen LogP contribution in [-0.4, -0.2) is 40.7 Å². The summed E-state index contributed by atoms with van der Waals surface area (Å²) < 4.78 is 8.04. The summed E-state index contributed by atoms with van der Waals surface area (Å²) in [6.07, 6.45) is 8.51. The molecule has 1 saturated heterocycles. The van der Waals surface area contributed by atoms with Crippen molar-refractivity contribution >= 4 is 16.8 Å². The number of hydrogen-bond acceptors (Lipinski definition) is 2. The monoisotopic (exact) mass is 326 g/mol. The van der Waals surface area contributed by atoms with Gasteiger partial charge in [-0.1, -0.05) is 31.0 Å². The molecule has 1 aliphatic carbocycles. The van der Waals surface area contributed by atoms with Gasteiger partial charge in [0.1, 0.15) is 0 Å². The van der Waals surface area contributed by atoms with Crippen molar-refractivity contribution in [2.24, 2.45) is 7.05 Å². The van der Waals surface area contributed by atoms with E-state index in [-0.39, 0.29) is 6.10 Å². The first-order valence-electron chi connectivity index (χ1n) is 9.18. The van der Waals surface area contributed by atoms with Gasteiger partial charge in [-0.05, 0) is 30.9 Å². The zero-order chi connectivity index (χ0) is 16.5. The Kier molecular flexibility index (Phi) is 4.31. The van der Waals surface area contributed by atoms with E-state index in [9.17, 15) is 4.79 Å². The first kappa shape index (κ1) is 15.7. The molecule has 128 valence electrons. The average molecular weight is 326 g/mol. The SMILES string of the molecule is Cn1cc(CCC(=O)N2CCO[C@@H]3CCCCC32)c2ccccc21. The van der Waals surface area contributed by atoms with Crippen LogP contribution in [0.3, 0.4) is 0 Å². The molecule has 1 aliphatic heterocycles. The summed E-state index contributed by atoms with van der Waals surface area (Å²) >= 11 is 0. The minimum atomic E-state index is 0.272. The summed E-state index contributed by atoms with van der Waals surface area (Å²) in [5, 5.41) is 1.27. The molecule has 2 heterocycles. The van der Waals surface area contributed by atoms with Crippen molar-refractivity contribution in [3.8, 4) is 0 Å². The fraction of sp³-hybridized carbons (Fsp3) is 0.550. The lowest BCUT2D eigenvalue weighted by Gasteiger charge is -2.43. The van der Waals surface area contributed by atoms with Crippen LogP contribution in [0.4, 0.5) is 0 Å². The average Bonchev–Trinajstić information content (AvgIpc) is 2.95.